The maximum absolute atomic E-state index is 15.2. The summed E-state index contributed by atoms with van der Waals surface area (Å²) in [6, 6.07) is 0. The molecule has 0 amide bonds. The number of carboxylic acids is 1. The van der Waals surface area contributed by atoms with Crippen molar-refractivity contribution in [3.05, 3.63) is 0 Å². The van der Waals surface area contributed by atoms with Crippen LogP contribution < -0.4 is 0 Å². The van der Waals surface area contributed by atoms with Gasteiger partial charge >= 0.3 is 11.9 Å². The normalized spacial score (nSPS) is 28.6. The van der Waals surface area contributed by atoms with Crippen LogP contribution in [0.15, 0.2) is 0 Å². The first-order valence-electron chi connectivity index (χ1n) is 7.74. The summed E-state index contributed by atoms with van der Waals surface area (Å²) >= 11 is 0. The number of ether oxygens (including phenoxy) is 2. The number of unbranched alkanes of at least 4 members (excludes halogenated alkanes) is 1. The van der Waals surface area contributed by atoms with Crippen molar-refractivity contribution >= 4 is 11.9 Å². The molecule has 128 valence electrons. The molecule has 1 fully saturated rings. The smallest absolute Gasteiger partial charge is 0.342 e. The fourth-order valence-corrected chi connectivity index (χ4v) is 3.12. The lowest BCUT2D eigenvalue weighted by molar-refractivity contribution is -0.186. The zero-order valence-corrected chi connectivity index (χ0v) is 13.9. The third-order valence-corrected chi connectivity index (χ3v) is 4.21. The second-order valence-corrected chi connectivity index (χ2v) is 6.99. The standard InChI is InChI=1S/C16H27FO5/c1-14(2,3)22-13(20)15(8-5-6-11-21-4)9-7-10-16(15,17)12(18)19/h5-11H2,1-4H3,(H,18,19)/t15-,16?/m0/s1. The predicted molar refractivity (Wildman–Crippen MR) is 79.3 cm³/mol. The molecule has 1 rings (SSSR count). The van der Waals surface area contributed by atoms with Crippen LogP contribution in [-0.2, 0) is 19.1 Å². The highest BCUT2D eigenvalue weighted by atomic mass is 19.1. The lowest BCUT2D eigenvalue weighted by Crippen LogP contribution is -2.53. The molecule has 1 N–H and O–H groups in total. The van der Waals surface area contributed by atoms with Gasteiger partial charge in [-0.15, -0.1) is 0 Å². The highest BCUT2D eigenvalue weighted by molar-refractivity contribution is 5.90. The van der Waals surface area contributed by atoms with Gasteiger partial charge in [0.2, 0.25) is 5.67 Å². The summed E-state index contributed by atoms with van der Waals surface area (Å²) in [7, 11) is 1.57. The quantitative estimate of drug-likeness (QED) is 0.577. The van der Waals surface area contributed by atoms with E-state index in [-0.39, 0.29) is 19.3 Å². The Kier molecular flexibility index (Phi) is 5.96. The minimum Gasteiger partial charge on any atom is -0.479 e. The van der Waals surface area contributed by atoms with E-state index < -0.39 is 28.6 Å². The summed E-state index contributed by atoms with van der Waals surface area (Å²) in [5.41, 5.74) is -4.93. The molecule has 2 atom stereocenters. The number of methoxy groups -OCH3 is 1. The maximum atomic E-state index is 15.2. The van der Waals surface area contributed by atoms with E-state index in [9.17, 15) is 14.7 Å². The van der Waals surface area contributed by atoms with E-state index in [2.05, 4.69) is 0 Å². The summed E-state index contributed by atoms with van der Waals surface area (Å²) in [5.74, 6) is -2.30. The van der Waals surface area contributed by atoms with Crippen LogP contribution in [0, 0.1) is 5.41 Å². The number of carbonyl (C=O) groups is 2. The molecule has 0 saturated heterocycles. The predicted octanol–water partition coefficient (Wildman–Crippen LogP) is 3.11. The number of halogens is 1. The average Bonchev–Trinajstić information content (AvgIpc) is 2.72. The van der Waals surface area contributed by atoms with Crippen molar-refractivity contribution in [2.24, 2.45) is 5.41 Å². The van der Waals surface area contributed by atoms with Crippen LogP contribution in [0.2, 0.25) is 0 Å². The van der Waals surface area contributed by atoms with Gasteiger partial charge in [0, 0.05) is 13.7 Å². The van der Waals surface area contributed by atoms with Crippen LogP contribution in [-0.4, -0.2) is 42.0 Å². The summed E-state index contributed by atoms with van der Waals surface area (Å²) < 4.78 is 25.5. The largest absolute Gasteiger partial charge is 0.479 e. The topological polar surface area (TPSA) is 72.8 Å². The maximum Gasteiger partial charge on any atom is 0.342 e. The molecule has 0 aromatic rings. The Balaban J connectivity index is 3.04. The number of hydrogen-bond donors (Lipinski definition) is 1. The lowest BCUT2D eigenvalue weighted by atomic mass is 9.71. The molecule has 0 bridgehead atoms. The fraction of sp³-hybridized carbons (Fsp3) is 0.875. The second kappa shape index (κ2) is 6.94. The summed E-state index contributed by atoms with van der Waals surface area (Å²) in [6.07, 6.45) is 1.76. The average molecular weight is 318 g/mol. The molecule has 0 aromatic heterocycles. The molecular formula is C16H27FO5. The van der Waals surface area contributed by atoms with Crippen LogP contribution >= 0.6 is 0 Å². The molecule has 1 aliphatic rings. The van der Waals surface area contributed by atoms with Crippen LogP contribution in [0.25, 0.3) is 0 Å². The van der Waals surface area contributed by atoms with Crippen molar-refractivity contribution in [1.82, 2.24) is 0 Å². The first-order chi connectivity index (χ1) is 10.1. The van der Waals surface area contributed by atoms with Crippen LogP contribution in [0.1, 0.15) is 59.3 Å². The van der Waals surface area contributed by atoms with Gasteiger partial charge in [-0.05, 0) is 59.3 Å². The van der Waals surface area contributed by atoms with E-state index in [4.69, 9.17) is 9.47 Å². The molecular weight excluding hydrogens is 291 g/mol. The Morgan fingerprint density at radius 1 is 1.23 bits per heavy atom. The first-order valence-corrected chi connectivity index (χ1v) is 7.74. The van der Waals surface area contributed by atoms with E-state index in [0.29, 0.717) is 25.9 Å². The summed E-state index contributed by atoms with van der Waals surface area (Å²) in [5, 5.41) is 9.35. The lowest BCUT2D eigenvalue weighted by Gasteiger charge is -2.37. The van der Waals surface area contributed by atoms with E-state index in [1.165, 1.54) is 0 Å². The van der Waals surface area contributed by atoms with Gasteiger partial charge < -0.3 is 14.6 Å². The Morgan fingerprint density at radius 3 is 2.36 bits per heavy atom. The van der Waals surface area contributed by atoms with Gasteiger partial charge in [-0.25, -0.2) is 9.18 Å². The Labute approximate surface area is 131 Å². The van der Waals surface area contributed by atoms with Gasteiger partial charge in [-0.2, -0.15) is 0 Å². The molecule has 0 radical (unpaired) electrons. The minimum atomic E-state index is -2.55. The van der Waals surface area contributed by atoms with Crippen molar-refractivity contribution in [2.45, 2.75) is 70.6 Å². The summed E-state index contributed by atoms with van der Waals surface area (Å²) in [6.45, 7) is 5.58. The van der Waals surface area contributed by atoms with Crippen molar-refractivity contribution in [3.8, 4) is 0 Å². The van der Waals surface area contributed by atoms with Gasteiger partial charge in [-0.1, -0.05) is 0 Å². The van der Waals surface area contributed by atoms with E-state index in [1.54, 1.807) is 27.9 Å². The molecule has 5 nitrogen and oxygen atoms in total. The van der Waals surface area contributed by atoms with Crippen LogP contribution in [0.4, 0.5) is 4.39 Å². The third kappa shape index (κ3) is 3.77. The second-order valence-electron chi connectivity index (χ2n) is 6.99. The van der Waals surface area contributed by atoms with Crippen LogP contribution in [0.5, 0.6) is 0 Å². The zero-order chi connectivity index (χ0) is 17.0. The van der Waals surface area contributed by atoms with Crippen molar-refractivity contribution < 1.29 is 28.6 Å². The number of hydrogen-bond acceptors (Lipinski definition) is 4. The number of aliphatic carboxylic acids is 1. The van der Waals surface area contributed by atoms with Crippen molar-refractivity contribution in [3.63, 3.8) is 0 Å². The molecule has 0 spiro atoms. The van der Waals surface area contributed by atoms with E-state index in [0.717, 1.165) is 0 Å². The van der Waals surface area contributed by atoms with Crippen LogP contribution in [0.3, 0.4) is 0 Å². The number of carboxylic acid groups (broad SMARTS) is 1. The molecule has 0 aliphatic heterocycles. The number of esters is 1. The zero-order valence-electron chi connectivity index (χ0n) is 13.9. The van der Waals surface area contributed by atoms with Crippen molar-refractivity contribution in [2.75, 3.05) is 13.7 Å². The van der Waals surface area contributed by atoms with Gasteiger partial charge in [0.05, 0.1) is 0 Å². The number of rotatable bonds is 7. The Hall–Kier alpha value is -1.17. The van der Waals surface area contributed by atoms with E-state index >= 15 is 4.39 Å². The number of carbonyl (C=O) groups excluding carboxylic acids is 1. The molecule has 22 heavy (non-hydrogen) atoms. The Bertz CT molecular complexity index is 417. The van der Waals surface area contributed by atoms with Crippen molar-refractivity contribution in [1.29, 1.82) is 0 Å². The fourth-order valence-electron chi connectivity index (χ4n) is 3.12. The molecule has 1 aliphatic carbocycles. The molecule has 1 unspecified atom stereocenters. The minimum absolute atomic E-state index is 0.147. The molecule has 0 aromatic carbocycles. The molecule has 0 heterocycles. The van der Waals surface area contributed by atoms with Gasteiger partial charge in [0.25, 0.3) is 0 Å². The molecule has 6 heteroatoms. The highest BCUT2D eigenvalue weighted by Crippen LogP contribution is 2.53. The third-order valence-electron chi connectivity index (χ3n) is 4.21. The van der Waals surface area contributed by atoms with Gasteiger partial charge in [-0.3, -0.25) is 4.79 Å². The van der Waals surface area contributed by atoms with E-state index in [1.807, 2.05) is 0 Å². The SMILES string of the molecule is COCCCC[C@@]1(C(=O)OC(C)(C)C)CCCC1(F)C(=O)O. The number of alkyl halides is 1. The molecule has 1 saturated carbocycles. The summed E-state index contributed by atoms with van der Waals surface area (Å²) in [4.78, 5) is 24.1. The first kappa shape index (κ1) is 18.9. The monoisotopic (exact) mass is 318 g/mol. The Morgan fingerprint density at radius 2 is 1.86 bits per heavy atom. The highest BCUT2D eigenvalue weighted by Gasteiger charge is 2.66. The van der Waals surface area contributed by atoms with Gasteiger partial charge in [0.15, 0.2) is 0 Å². The van der Waals surface area contributed by atoms with Gasteiger partial charge in [0.1, 0.15) is 11.0 Å².